The van der Waals surface area contributed by atoms with E-state index in [-0.39, 0.29) is 5.92 Å². The maximum atomic E-state index is 11.0. The molecule has 0 aliphatic rings. The Morgan fingerprint density at radius 1 is 1.13 bits per heavy atom. The van der Waals surface area contributed by atoms with Crippen LogP contribution >= 0.6 is 0 Å². The highest BCUT2D eigenvalue weighted by molar-refractivity contribution is 5.69. The molecule has 0 fully saturated rings. The molecular weight excluding hydrogens is 188 g/mol. The van der Waals surface area contributed by atoms with Crippen molar-refractivity contribution in [1.29, 1.82) is 0 Å². The predicted octanol–water partition coefficient (Wildman–Crippen LogP) is 4.09. The molecule has 0 rings (SSSR count). The maximum Gasteiger partial charge on any atom is 0.306 e. The number of carboxylic acid groups (broad SMARTS) is 1. The number of hydrogen-bond donors (Lipinski definition) is 1. The summed E-state index contributed by atoms with van der Waals surface area (Å²) in [6.45, 7) is 6.54. The number of unbranched alkanes of at least 4 members (excludes halogenated alkanes) is 1. The monoisotopic (exact) mass is 214 g/mol. The molecule has 2 heteroatoms. The van der Waals surface area contributed by atoms with Gasteiger partial charge in [0.2, 0.25) is 0 Å². The van der Waals surface area contributed by atoms with E-state index in [4.69, 9.17) is 5.11 Å². The van der Waals surface area contributed by atoms with Crippen LogP contribution in [0.5, 0.6) is 0 Å². The molecule has 2 atom stereocenters. The summed E-state index contributed by atoms with van der Waals surface area (Å²) in [5.74, 6) is 0.0345. The van der Waals surface area contributed by atoms with Gasteiger partial charge in [0.05, 0.1) is 5.92 Å². The van der Waals surface area contributed by atoms with Crippen LogP contribution < -0.4 is 0 Å². The second-order valence-corrected chi connectivity index (χ2v) is 4.62. The largest absolute Gasteiger partial charge is 0.481 e. The third-order valence-corrected chi connectivity index (χ3v) is 3.20. The highest BCUT2D eigenvalue weighted by atomic mass is 16.4. The third kappa shape index (κ3) is 7.40. The highest BCUT2D eigenvalue weighted by Gasteiger charge is 2.16. The van der Waals surface area contributed by atoms with Crippen LogP contribution in [-0.4, -0.2) is 11.1 Å². The van der Waals surface area contributed by atoms with Crippen LogP contribution in [0.3, 0.4) is 0 Å². The van der Waals surface area contributed by atoms with Crippen LogP contribution in [0.1, 0.15) is 65.7 Å². The number of hydrogen-bond acceptors (Lipinski definition) is 1. The van der Waals surface area contributed by atoms with Crippen molar-refractivity contribution in [3.63, 3.8) is 0 Å². The quantitative estimate of drug-likeness (QED) is 0.627. The van der Waals surface area contributed by atoms with E-state index in [0.717, 1.165) is 38.0 Å². The van der Waals surface area contributed by atoms with E-state index >= 15 is 0 Å². The Bertz CT molecular complexity index is 166. The summed E-state index contributed by atoms with van der Waals surface area (Å²) in [6, 6.07) is 0. The van der Waals surface area contributed by atoms with Crippen LogP contribution in [0.4, 0.5) is 0 Å². The summed E-state index contributed by atoms with van der Waals surface area (Å²) in [5, 5.41) is 9.02. The summed E-state index contributed by atoms with van der Waals surface area (Å²) < 4.78 is 0. The average Bonchev–Trinajstić information content (AvgIpc) is 2.22. The molecule has 0 saturated heterocycles. The van der Waals surface area contributed by atoms with Crippen molar-refractivity contribution in [2.24, 2.45) is 11.8 Å². The lowest BCUT2D eigenvalue weighted by Crippen LogP contribution is -2.13. The standard InChI is InChI=1S/C13H26O2/c1-4-6-9-12(13(14)15)10-7-8-11(3)5-2/h11-12H,4-10H2,1-3H3,(H,14,15)/t11-,12?/m1/s1. The Morgan fingerprint density at radius 2 is 1.73 bits per heavy atom. The molecule has 0 heterocycles. The topological polar surface area (TPSA) is 37.3 Å². The SMILES string of the molecule is CCCCC(CCC[C@H](C)CC)C(=O)O. The summed E-state index contributed by atoms with van der Waals surface area (Å²) in [5.41, 5.74) is 0. The second kappa shape index (κ2) is 8.75. The lowest BCUT2D eigenvalue weighted by Gasteiger charge is -2.13. The van der Waals surface area contributed by atoms with Gasteiger partial charge in [0.15, 0.2) is 0 Å². The van der Waals surface area contributed by atoms with Gasteiger partial charge < -0.3 is 5.11 Å². The van der Waals surface area contributed by atoms with Gasteiger partial charge in [-0.25, -0.2) is 0 Å². The van der Waals surface area contributed by atoms with Gasteiger partial charge in [0, 0.05) is 0 Å². The first-order valence-corrected chi connectivity index (χ1v) is 6.34. The van der Waals surface area contributed by atoms with Crippen molar-refractivity contribution >= 4 is 5.97 Å². The Hall–Kier alpha value is -0.530. The normalized spacial score (nSPS) is 14.9. The van der Waals surface area contributed by atoms with Crippen molar-refractivity contribution in [2.75, 3.05) is 0 Å². The minimum Gasteiger partial charge on any atom is -0.481 e. The molecule has 1 N–H and O–H groups in total. The maximum absolute atomic E-state index is 11.0. The molecule has 0 saturated carbocycles. The van der Waals surface area contributed by atoms with E-state index in [0.29, 0.717) is 0 Å². The van der Waals surface area contributed by atoms with E-state index in [9.17, 15) is 4.79 Å². The first-order chi connectivity index (χ1) is 7.11. The lowest BCUT2D eigenvalue weighted by molar-refractivity contribution is -0.142. The Kier molecular flexibility index (Phi) is 8.44. The molecule has 0 spiro atoms. The molecule has 0 aromatic heterocycles. The van der Waals surface area contributed by atoms with E-state index in [1.165, 1.54) is 12.8 Å². The van der Waals surface area contributed by atoms with Gasteiger partial charge in [-0.15, -0.1) is 0 Å². The van der Waals surface area contributed by atoms with Gasteiger partial charge in [-0.2, -0.15) is 0 Å². The Labute approximate surface area is 94.1 Å². The Balaban J connectivity index is 3.71. The lowest BCUT2D eigenvalue weighted by atomic mass is 9.93. The predicted molar refractivity (Wildman–Crippen MR) is 64.0 cm³/mol. The number of carboxylic acids is 1. The molecule has 15 heavy (non-hydrogen) atoms. The van der Waals surface area contributed by atoms with Crippen LogP contribution in [0.15, 0.2) is 0 Å². The van der Waals surface area contributed by atoms with E-state index in [1.807, 2.05) is 0 Å². The molecule has 0 aliphatic carbocycles. The Morgan fingerprint density at radius 3 is 2.20 bits per heavy atom. The molecule has 2 nitrogen and oxygen atoms in total. The molecule has 0 amide bonds. The van der Waals surface area contributed by atoms with Gasteiger partial charge in [-0.05, 0) is 18.8 Å². The van der Waals surface area contributed by atoms with Gasteiger partial charge >= 0.3 is 5.97 Å². The fraction of sp³-hybridized carbons (Fsp3) is 0.923. The zero-order valence-corrected chi connectivity index (χ0v) is 10.5. The average molecular weight is 214 g/mol. The first-order valence-electron chi connectivity index (χ1n) is 6.34. The number of carbonyl (C=O) groups is 1. The van der Waals surface area contributed by atoms with Crippen LogP contribution in [0.2, 0.25) is 0 Å². The highest BCUT2D eigenvalue weighted by Crippen LogP contribution is 2.19. The van der Waals surface area contributed by atoms with E-state index in [2.05, 4.69) is 20.8 Å². The number of rotatable bonds is 9. The number of aliphatic carboxylic acids is 1. The molecular formula is C13H26O2. The molecule has 0 bridgehead atoms. The van der Waals surface area contributed by atoms with Crippen molar-refractivity contribution in [3.05, 3.63) is 0 Å². The van der Waals surface area contributed by atoms with Crippen molar-refractivity contribution in [1.82, 2.24) is 0 Å². The van der Waals surface area contributed by atoms with Crippen molar-refractivity contribution in [3.8, 4) is 0 Å². The van der Waals surface area contributed by atoms with Crippen LogP contribution in [0, 0.1) is 11.8 Å². The summed E-state index contributed by atoms with van der Waals surface area (Å²) in [7, 11) is 0. The van der Waals surface area contributed by atoms with E-state index < -0.39 is 5.97 Å². The van der Waals surface area contributed by atoms with Gasteiger partial charge in [0.1, 0.15) is 0 Å². The van der Waals surface area contributed by atoms with Crippen LogP contribution in [0.25, 0.3) is 0 Å². The summed E-state index contributed by atoms with van der Waals surface area (Å²) in [6.07, 6.45) is 7.29. The van der Waals surface area contributed by atoms with Gasteiger partial charge in [-0.3, -0.25) is 4.79 Å². The minimum atomic E-state index is -0.604. The first kappa shape index (κ1) is 14.5. The fourth-order valence-corrected chi connectivity index (χ4v) is 1.76. The summed E-state index contributed by atoms with van der Waals surface area (Å²) >= 11 is 0. The molecule has 0 aromatic carbocycles. The molecule has 0 radical (unpaired) electrons. The second-order valence-electron chi connectivity index (χ2n) is 4.62. The zero-order valence-electron chi connectivity index (χ0n) is 10.5. The summed E-state index contributed by atoms with van der Waals surface area (Å²) in [4.78, 5) is 11.0. The fourth-order valence-electron chi connectivity index (χ4n) is 1.76. The van der Waals surface area contributed by atoms with Crippen molar-refractivity contribution in [2.45, 2.75) is 65.7 Å². The minimum absolute atomic E-state index is 0.103. The third-order valence-electron chi connectivity index (χ3n) is 3.20. The van der Waals surface area contributed by atoms with Crippen molar-refractivity contribution < 1.29 is 9.90 Å². The van der Waals surface area contributed by atoms with Crippen LogP contribution in [-0.2, 0) is 4.79 Å². The van der Waals surface area contributed by atoms with E-state index in [1.54, 1.807) is 0 Å². The zero-order chi connectivity index (χ0) is 11.7. The molecule has 0 aromatic rings. The molecule has 90 valence electrons. The smallest absolute Gasteiger partial charge is 0.306 e. The molecule has 0 aliphatic heterocycles. The van der Waals surface area contributed by atoms with Gasteiger partial charge in [-0.1, -0.05) is 52.9 Å². The van der Waals surface area contributed by atoms with Gasteiger partial charge in [0.25, 0.3) is 0 Å². The molecule has 1 unspecified atom stereocenters.